The molecule has 78 valence electrons. The monoisotopic (exact) mass is 202 g/mol. The number of aromatic nitrogens is 2. The molecule has 0 amide bonds. The summed E-state index contributed by atoms with van der Waals surface area (Å²) in [6.07, 6.45) is 5.79. The molecule has 0 radical (unpaired) electrons. The molecule has 3 heterocycles. The Morgan fingerprint density at radius 3 is 3.00 bits per heavy atom. The predicted molar refractivity (Wildman–Crippen MR) is 60.3 cm³/mol. The van der Waals surface area contributed by atoms with E-state index < -0.39 is 0 Å². The molecule has 1 aliphatic rings. The second-order valence-corrected chi connectivity index (χ2v) is 3.85. The second-order valence-electron chi connectivity index (χ2n) is 3.85. The van der Waals surface area contributed by atoms with Crippen LogP contribution in [0.15, 0.2) is 30.9 Å². The van der Waals surface area contributed by atoms with Gasteiger partial charge in [-0.2, -0.15) is 0 Å². The molecule has 1 fully saturated rings. The Balaban J connectivity index is 1.95. The van der Waals surface area contributed by atoms with Crippen LogP contribution in [0.25, 0.3) is 5.52 Å². The van der Waals surface area contributed by atoms with Crippen LogP contribution in [0.3, 0.4) is 0 Å². The highest BCUT2D eigenvalue weighted by atomic mass is 15.2. The first kappa shape index (κ1) is 8.73. The van der Waals surface area contributed by atoms with Crippen LogP contribution < -0.4 is 10.2 Å². The van der Waals surface area contributed by atoms with E-state index in [1.165, 1.54) is 5.69 Å². The SMILES string of the molecule is c1cn2cncc2cc1N1CCNCC1. The molecule has 2 aromatic rings. The molecule has 0 bridgehead atoms. The van der Waals surface area contributed by atoms with Gasteiger partial charge in [0.25, 0.3) is 0 Å². The smallest absolute Gasteiger partial charge is 0.0992 e. The number of hydrogen-bond donors (Lipinski definition) is 1. The lowest BCUT2D eigenvalue weighted by Gasteiger charge is -2.29. The Morgan fingerprint density at radius 1 is 1.27 bits per heavy atom. The van der Waals surface area contributed by atoms with E-state index in [1.54, 1.807) is 0 Å². The van der Waals surface area contributed by atoms with Gasteiger partial charge in [0.2, 0.25) is 0 Å². The number of nitrogens with zero attached hydrogens (tertiary/aromatic N) is 3. The maximum atomic E-state index is 4.12. The van der Waals surface area contributed by atoms with E-state index in [0.717, 1.165) is 31.7 Å². The minimum atomic E-state index is 1.07. The summed E-state index contributed by atoms with van der Waals surface area (Å²) in [5, 5.41) is 3.36. The first-order valence-corrected chi connectivity index (χ1v) is 5.31. The summed E-state index contributed by atoms with van der Waals surface area (Å²) >= 11 is 0. The van der Waals surface area contributed by atoms with Crippen molar-refractivity contribution in [1.29, 1.82) is 0 Å². The van der Waals surface area contributed by atoms with E-state index in [1.807, 2.05) is 16.9 Å². The molecule has 0 saturated carbocycles. The molecule has 1 N–H and O–H groups in total. The van der Waals surface area contributed by atoms with E-state index in [9.17, 15) is 0 Å². The van der Waals surface area contributed by atoms with Gasteiger partial charge in [-0.05, 0) is 12.1 Å². The minimum absolute atomic E-state index is 1.07. The quantitative estimate of drug-likeness (QED) is 0.740. The van der Waals surface area contributed by atoms with Crippen LogP contribution in [0.1, 0.15) is 0 Å². The lowest BCUT2D eigenvalue weighted by atomic mass is 10.3. The molecule has 1 aliphatic heterocycles. The number of hydrogen-bond acceptors (Lipinski definition) is 3. The van der Waals surface area contributed by atoms with Gasteiger partial charge in [-0.25, -0.2) is 4.98 Å². The molecule has 0 unspecified atom stereocenters. The van der Waals surface area contributed by atoms with Crippen molar-refractivity contribution in [3.63, 3.8) is 0 Å². The van der Waals surface area contributed by atoms with Crippen molar-refractivity contribution in [3.8, 4) is 0 Å². The van der Waals surface area contributed by atoms with E-state index in [2.05, 4.69) is 33.5 Å². The molecule has 15 heavy (non-hydrogen) atoms. The van der Waals surface area contributed by atoms with Gasteiger partial charge in [0.15, 0.2) is 0 Å². The summed E-state index contributed by atoms with van der Waals surface area (Å²) in [6, 6.07) is 4.35. The highest BCUT2D eigenvalue weighted by Crippen LogP contribution is 2.16. The zero-order valence-corrected chi connectivity index (χ0v) is 8.56. The van der Waals surface area contributed by atoms with Gasteiger partial charge >= 0.3 is 0 Å². The zero-order chi connectivity index (χ0) is 10.1. The fraction of sp³-hybridized carbons (Fsp3) is 0.364. The third kappa shape index (κ3) is 1.57. The summed E-state index contributed by atoms with van der Waals surface area (Å²) in [7, 11) is 0. The Bertz CT molecular complexity index is 456. The number of rotatable bonds is 1. The van der Waals surface area contributed by atoms with E-state index in [-0.39, 0.29) is 0 Å². The van der Waals surface area contributed by atoms with E-state index in [0.29, 0.717) is 0 Å². The number of nitrogens with one attached hydrogen (secondary N) is 1. The topological polar surface area (TPSA) is 32.6 Å². The van der Waals surface area contributed by atoms with Crippen LogP contribution >= 0.6 is 0 Å². The first-order chi connectivity index (χ1) is 7.43. The van der Waals surface area contributed by atoms with Crippen molar-refractivity contribution in [1.82, 2.24) is 14.7 Å². The van der Waals surface area contributed by atoms with Crippen LogP contribution in [0.5, 0.6) is 0 Å². The van der Waals surface area contributed by atoms with Crippen molar-refractivity contribution < 1.29 is 0 Å². The molecule has 3 rings (SSSR count). The first-order valence-electron chi connectivity index (χ1n) is 5.31. The van der Waals surface area contributed by atoms with Crippen molar-refractivity contribution in [2.24, 2.45) is 0 Å². The standard InChI is InChI=1S/C11H14N4/c1-4-15-9-13-8-11(15)7-10(1)14-5-2-12-3-6-14/h1,4,7-9,12H,2-3,5-6H2. The largest absolute Gasteiger partial charge is 0.369 e. The van der Waals surface area contributed by atoms with Crippen molar-refractivity contribution in [2.75, 3.05) is 31.1 Å². The number of fused-ring (bicyclic) bond motifs is 1. The highest BCUT2D eigenvalue weighted by Gasteiger charge is 2.10. The van der Waals surface area contributed by atoms with Crippen LogP contribution in [0.2, 0.25) is 0 Å². The van der Waals surface area contributed by atoms with Gasteiger partial charge in [0, 0.05) is 38.1 Å². The number of imidazole rings is 1. The molecular weight excluding hydrogens is 188 g/mol. The molecule has 2 aromatic heterocycles. The molecule has 4 heteroatoms. The van der Waals surface area contributed by atoms with E-state index >= 15 is 0 Å². The van der Waals surface area contributed by atoms with Crippen molar-refractivity contribution >= 4 is 11.2 Å². The average molecular weight is 202 g/mol. The fourth-order valence-electron chi connectivity index (χ4n) is 2.03. The maximum Gasteiger partial charge on any atom is 0.0992 e. The van der Waals surface area contributed by atoms with Gasteiger partial charge in [0.1, 0.15) is 0 Å². The van der Waals surface area contributed by atoms with Crippen LogP contribution in [0, 0.1) is 0 Å². The number of anilines is 1. The Labute approximate surface area is 88.5 Å². The van der Waals surface area contributed by atoms with Gasteiger partial charge in [-0.15, -0.1) is 0 Å². The third-order valence-corrected chi connectivity index (χ3v) is 2.88. The maximum absolute atomic E-state index is 4.12. The second kappa shape index (κ2) is 3.55. The van der Waals surface area contributed by atoms with Crippen LogP contribution in [0.4, 0.5) is 5.69 Å². The molecule has 0 spiro atoms. The highest BCUT2D eigenvalue weighted by molar-refractivity contribution is 5.59. The van der Waals surface area contributed by atoms with Gasteiger partial charge in [-0.1, -0.05) is 0 Å². The van der Waals surface area contributed by atoms with Gasteiger partial charge in [0.05, 0.1) is 18.0 Å². The van der Waals surface area contributed by atoms with Crippen molar-refractivity contribution in [3.05, 3.63) is 30.9 Å². The summed E-state index contributed by atoms with van der Waals surface area (Å²) in [6.45, 7) is 4.32. The summed E-state index contributed by atoms with van der Waals surface area (Å²) in [4.78, 5) is 6.53. The summed E-state index contributed by atoms with van der Waals surface area (Å²) in [5.74, 6) is 0. The van der Waals surface area contributed by atoms with Gasteiger partial charge < -0.3 is 14.6 Å². The summed E-state index contributed by atoms with van der Waals surface area (Å²) < 4.78 is 2.03. The Kier molecular flexibility index (Phi) is 2.07. The van der Waals surface area contributed by atoms with Crippen molar-refractivity contribution in [2.45, 2.75) is 0 Å². The third-order valence-electron chi connectivity index (χ3n) is 2.88. The molecule has 4 nitrogen and oxygen atoms in total. The minimum Gasteiger partial charge on any atom is -0.369 e. The molecular formula is C11H14N4. The van der Waals surface area contributed by atoms with Crippen LogP contribution in [-0.4, -0.2) is 35.6 Å². The molecule has 0 atom stereocenters. The van der Waals surface area contributed by atoms with Gasteiger partial charge in [-0.3, -0.25) is 0 Å². The fourth-order valence-corrected chi connectivity index (χ4v) is 2.03. The average Bonchev–Trinajstić information content (AvgIpc) is 2.77. The zero-order valence-electron chi connectivity index (χ0n) is 8.56. The molecule has 0 aliphatic carbocycles. The Hall–Kier alpha value is -1.55. The molecule has 1 saturated heterocycles. The predicted octanol–water partition coefficient (Wildman–Crippen LogP) is 0.744. The number of pyridine rings is 1. The van der Waals surface area contributed by atoms with Crippen LogP contribution in [-0.2, 0) is 0 Å². The Morgan fingerprint density at radius 2 is 2.13 bits per heavy atom. The number of piperazine rings is 1. The lowest BCUT2D eigenvalue weighted by molar-refractivity contribution is 0.589. The molecule has 0 aromatic carbocycles. The summed E-state index contributed by atoms with van der Waals surface area (Å²) in [5.41, 5.74) is 2.45. The van der Waals surface area contributed by atoms with E-state index in [4.69, 9.17) is 0 Å². The normalized spacial score (nSPS) is 17.2. The lowest BCUT2D eigenvalue weighted by Crippen LogP contribution is -2.43.